The summed E-state index contributed by atoms with van der Waals surface area (Å²) in [5.74, 6) is -3.45. The van der Waals surface area contributed by atoms with E-state index >= 15 is 0 Å². The number of benzene rings is 1. The fourth-order valence-electron chi connectivity index (χ4n) is 4.48. The number of hydrogen-bond acceptors (Lipinski definition) is 7. The van der Waals surface area contributed by atoms with Crippen molar-refractivity contribution in [2.24, 2.45) is 33.8 Å². The van der Waals surface area contributed by atoms with Gasteiger partial charge in [-0.1, -0.05) is 32.0 Å². The van der Waals surface area contributed by atoms with Gasteiger partial charge >= 0.3 is 5.97 Å². The first-order valence-electron chi connectivity index (χ1n) is 14.1. The Kier molecular flexibility index (Phi) is 13.7. The minimum absolute atomic E-state index is 0.100. The van der Waals surface area contributed by atoms with E-state index in [0.717, 1.165) is 16.5 Å². The predicted molar refractivity (Wildman–Crippen MR) is 161 cm³/mol. The van der Waals surface area contributed by atoms with Gasteiger partial charge in [0.1, 0.15) is 18.1 Å². The Balaban J connectivity index is 2.14. The number of H-pyrrole nitrogens is 1. The molecule has 0 radical (unpaired) electrons. The number of aliphatic carboxylic acids is 1. The Morgan fingerprint density at radius 2 is 1.60 bits per heavy atom. The van der Waals surface area contributed by atoms with E-state index in [9.17, 15) is 24.3 Å². The number of carboxylic acid groups (broad SMARTS) is 1. The lowest BCUT2D eigenvalue weighted by molar-refractivity contribution is -0.142. The Hall–Kier alpha value is -4.17. The van der Waals surface area contributed by atoms with Crippen LogP contribution >= 0.6 is 0 Å². The maximum atomic E-state index is 13.4. The highest BCUT2D eigenvalue weighted by Gasteiger charge is 2.31. The van der Waals surface area contributed by atoms with Crippen LogP contribution in [0.25, 0.3) is 10.9 Å². The maximum Gasteiger partial charge on any atom is 0.326 e. The van der Waals surface area contributed by atoms with Crippen LogP contribution in [0.5, 0.6) is 0 Å². The molecule has 1 aromatic heterocycles. The summed E-state index contributed by atoms with van der Waals surface area (Å²) in [5, 5.41) is 18.4. The molecule has 2 aromatic rings. The van der Waals surface area contributed by atoms with Crippen molar-refractivity contribution in [2.75, 3.05) is 13.1 Å². The van der Waals surface area contributed by atoms with E-state index in [2.05, 4.69) is 25.9 Å². The molecule has 232 valence electrons. The number of hydrogen-bond donors (Lipinski definition) is 9. The van der Waals surface area contributed by atoms with Crippen molar-refractivity contribution in [1.29, 1.82) is 0 Å². The highest BCUT2D eigenvalue weighted by atomic mass is 16.4. The first-order chi connectivity index (χ1) is 19.9. The zero-order valence-electron chi connectivity index (χ0n) is 24.3. The van der Waals surface area contributed by atoms with Crippen molar-refractivity contribution >= 4 is 40.6 Å². The lowest BCUT2D eigenvalue weighted by Gasteiger charge is -2.27. The summed E-state index contributed by atoms with van der Waals surface area (Å²) in [5.41, 5.74) is 24.3. The van der Waals surface area contributed by atoms with Crippen LogP contribution in [-0.2, 0) is 25.6 Å². The monoisotopic (exact) mass is 587 g/mol. The van der Waals surface area contributed by atoms with E-state index in [0.29, 0.717) is 25.8 Å². The molecule has 14 nitrogen and oxygen atoms in total. The van der Waals surface area contributed by atoms with Gasteiger partial charge in [-0.15, -0.1) is 0 Å². The van der Waals surface area contributed by atoms with E-state index in [1.807, 2.05) is 24.3 Å². The number of nitrogens with two attached hydrogens (primary N) is 4. The summed E-state index contributed by atoms with van der Waals surface area (Å²) >= 11 is 0. The number of para-hydroxylation sites is 1. The molecule has 0 spiro atoms. The molecular weight excluding hydrogens is 542 g/mol. The zero-order chi connectivity index (χ0) is 31.2. The van der Waals surface area contributed by atoms with Crippen LogP contribution in [-0.4, -0.2) is 77.0 Å². The van der Waals surface area contributed by atoms with Crippen molar-refractivity contribution in [3.05, 3.63) is 36.0 Å². The predicted octanol–water partition coefficient (Wildman–Crippen LogP) is -0.585. The summed E-state index contributed by atoms with van der Waals surface area (Å²) in [4.78, 5) is 58.3. The number of aromatic amines is 1. The third-order valence-electron chi connectivity index (χ3n) is 6.84. The standard InChI is InChI=1S/C28H45N9O5/c1-16(2)23(26(40)36-22(27(41)42)10-5-6-12-29)37-25(39)21(11-7-13-33-28(31)32)35-24(38)19(30)14-17-15-34-20-9-4-3-8-18(17)20/h3-4,8-9,15-16,19,21-23,34H,5-7,10-14,29-30H2,1-2H3,(H,35,38)(H,36,40)(H,37,39)(H,41,42)(H4,31,32,33). The molecule has 0 fully saturated rings. The van der Waals surface area contributed by atoms with Gasteiger partial charge in [-0.25, -0.2) is 4.79 Å². The molecule has 42 heavy (non-hydrogen) atoms. The Morgan fingerprint density at radius 3 is 2.24 bits per heavy atom. The van der Waals surface area contributed by atoms with Gasteiger partial charge in [0.15, 0.2) is 5.96 Å². The average Bonchev–Trinajstić information content (AvgIpc) is 3.34. The van der Waals surface area contributed by atoms with E-state index in [4.69, 9.17) is 22.9 Å². The Bertz CT molecular complexity index is 1230. The van der Waals surface area contributed by atoms with Crippen LogP contribution in [0.4, 0.5) is 0 Å². The minimum atomic E-state index is -1.18. The van der Waals surface area contributed by atoms with Crippen molar-refractivity contribution in [1.82, 2.24) is 20.9 Å². The molecule has 4 atom stereocenters. The van der Waals surface area contributed by atoms with Crippen LogP contribution in [0, 0.1) is 5.92 Å². The summed E-state index contributed by atoms with van der Waals surface area (Å²) in [6, 6.07) is 3.46. The molecule has 0 saturated heterocycles. The van der Waals surface area contributed by atoms with Gasteiger partial charge in [-0.2, -0.15) is 0 Å². The topological polar surface area (TPSA) is 257 Å². The third kappa shape index (κ3) is 10.7. The number of nitrogens with one attached hydrogen (secondary N) is 4. The molecule has 0 aliphatic heterocycles. The van der Waals surface area contributed by atoms with Gasteiger partial charge in [-0.3, -0.25) is 19.4 Å². The highest BCUT2D eigenvalue weighted by molar-refractivity contribution is 5.94. The zero-order valence-corrected chi connectivity index (χ0v) is 24.3. The van der Waals surface area contributed by atoms with E-state index in [1.165, 1.54) is 0 Å². The molecule has 13 N–H and O–H groups in total. The largest absolute Gasteiger partial charge is 0.480 e. The maximum absolute atomic E-state index is 13.4. The minimum Gasteiger partial charge on any atom is -0.480 e. The lowest BCUT2D eigenvalue weighted by Crippen LogP contribution is -2.58. The molecular formula is C28H45N9O5. The normalized spacial score (nSPS) is 14.0. The van der Waals surface area contributed by atoms with Crippen LogP contribution in [0.2, 0.25) is 0 Å². The molecule has 0 aliphatic rings. The van der Waals surface area contributed by atoms with E-state index in [-0.39, 0.29) is 37.7 Å². The lowest BCUT2D eigenvalue weighted by atomic mass is 10.0. The number of fused-ring (bicyclic) bond motifs is 1. The number of carbonyl (C=O) groups is 4. The summed E-state index contributed by atoms with van der Waals surface area (Å²) in [6.07, 6.45) is 3.89. The van der Waals surface area contributed by atoms with Gasteiger partial charge in [0, 0.05) is 23.6 Å². The first kappa shape index (κ1) is 34.0. The highest BCUT2D eigenvalue weighted by Crippen LogP contribution is 2.19. The van der Waals surface area contributed by atoms with Gasteiger partial charge < -0.3 is 49.0 Å². The molecule has 0 bridgehead atoms. The van der Waals surface area contributed by atoms with Crippen molar-refractivity contribution in [3.8, 4) is 0 Å². The number of nitrogens with zero attached hydrogens (tertiary/aromatic N) is 1. The molecule has 0 saturated carbocycles. The first-order valence-corrected chi connectivity index (χ1v) is 14.1. The number of carbonyl (C=O) groups excluding carboxylic acids is 3. The fraction of sp³-hybridized carbons (Fsp3) is 0.536. The summed E-state index contributed by atoms with van der Waals surface area (Å²) in [7, 11) is 0. The molecule has 1 aromatic carbocycles. The summed E-state index contributed by atoms with van der Waals surface area (Å²) in [6.45, 7) is 4.07. The van der Waals surface area contributed by atoms with Gasteiger partial charge in [0.05, 0.1) is 6.04 Å². The number of rotatable bonds is 18. The second-order valence-electron chi connectivity index (χ2n) is 10.6. The molecule has 2 rings (SSSR count). The van der Waals surface area contributed by atoms with Crippen LogP contribution in [0.3, 0.4) is 0 Å². The van der Waals surface area contributed by atoms with Crippen LogP contribution < -0.4 is 38.9 Å². The fourth-order valence-corrected chi connectivity index (χ4v) is 4.48. The van der Waals surface area contributed by atoms with E-state index in [1.54, 1.807) is 20.0 Å². The van der Waals surface area contributed by atoms with Crippen LogP contribution in [0.1, 0.15) is 51.5 Å². The van der Waals surface area contributed by atoms with Gasteiger partial charge in [0.2, 0.25) is 17.7 Å². The summed E-state index contributed by atoms with van der Waals surface area (Å²) < 4.78 is 0. The molecule has 14 heteroatoms. The smallest absolute Gasteiger partial charge is 0.326 e. The second kappa shape index (κ2) is 16.9. The van der Waals surface area contributed by atoms with Crippen molar-refractivity contribution in [2.45, 2.75) is 76.5 Å². The van der Waals surface area contributed by atoms with Gasteiger partial charge in [0.25, 0.3) is 0 Å². The van der Waals surface area contributed by atoms with Crippen LogP contribution in [0.15, 0.2) is 35.5 Å². The number of carboxylic acids is 1. The van der Waals surface area contributed by atoms with Crippen molar-refractivity contribution in [3.63, 3.8) is 0 Å². The number of aliphatic imine (C=N–C) groups is 1. The van der Waals surface area contributed by atoms with E-state index < -0.39 is 47.9 Å². The van der Waals surface area contributed by atoms with Gasteiger partial charge in [-0.05, 0) is 62.6 Å². The second-order valence-corrected chi connectivity index (χ2v) is 10.6. The Labute approximate surface area is 245 Å². The molecule has 0 aliphatic carbocycles. The van der Waals surface area contributed by atoms with Crippen molar-refractivity contribution < 1.29 is 24.3 Å². The quantitative estimate of drug-likeness (QED) is 0.0613. The molecule has 4 unspecified atom stereocenters. The average molecular weight is 588 g/mol. The SMILES string of the molecule is CC(C)C(NC(=O)C(CCCN=C(N)N)NC(=O)C(N)Cc1c[nH]c2ccccc12)C(=O)NC(CCCCN)C(=O)O. The molecule has 1 heterocycles. The molecule has 3 amide bonds. The Morgan fingerprint density at radius 1 is 0.929 bits per heavy atom. The number of unbranched alkanes of at least 4 members (excludes halogenated alkanes) is 1. The third-order valence-corrected chi connectivity index (χ3v) is 6.84. The number of aromatic nitrogens is 1. The number of guanidine groups is 1. The number of amides is 3.